The van der Waals surface area contributed by atoms with Gasteiger partial charge < -0.3 is 14.6 Å². The number of nitriles is 1. The maximum absolute atomic E-state index is 13.8. The standard InChI is InChI=1S/C16H15F2N3O/c17-14-2-1-3-15(18)16(14)21-7-6-11(10-21)20-9-13-5-4-12(8-19)22-13/h1-5,11,20H,6-7,9-10H2/t11-/m1/s1. The minimum atomic E-state index is -0.537. The molecule has 1 aliphatic rings. The fourth-order valence-electron chi connectivity index (χ4n) is 2.70. The van der Waals surface area contributed by atoms with E-state index in [0.717, 1.165) is 6.42 Å². The molecule has 0 amide bonds. The van der Waals surface area contributed by atoms with Crippen molar-refractivity contribution in [1.29, 1.82) is 5.26 Å². The maximum atomic E-state index is 13.8. The van der Waals surface area contributed by atoms with Crippen molar-refractivity contribution in [3.05, 3.63) is 53.5 Å². The van der Waals surface area contributed by atoms with Crippen molar-refractivity contribution in [1.82, 2.24) is 5.32 Å². The van der Waals surface area contributed by atoms with Gasteiger partial charge in [0.1, 0.15) is 29.2 Å². The molecule has 1 saturated heterocycles. The molecule has 2 aromatic rings. The summed E-state index contributed by atoms with van der Waals surface area (Å²) in [5, 5.41) is 12.0. The van der Waals surface area contributed by atoms with E-state index in [1.807, 2.05) is 6.07 Å². The van der Waals surface area contributed by atoms with Crippen LogP contribution in [0.3, 0.4) is 0 Å². The summed E-state index contributed by atoms with van der Waals surface area (Å²) in [6.45, 7) is 1.61. The molecule has 0 bridgehead atoms. The van der Waals surface area contributed by atoms with Gasteiger partial charge in [-0.25, -0.2) is 8.78 Å². The third kappa shape index (κ3) is 2.95. The van der Waals surface area contributed by atoms with Gasteiger partial charge in [0, 0.05) is 19.1 Å². The van der Waals surface area contributed by atoms with Gasteiger partial charge in [-0.1, -0.05) is 6.07 Å². The Bertz CT molecular complexity index is 687. The molecule has 1 N–H and O–H groups in total. The van der Waals surface area contributed by atoms with Crippen molar-refractivity contribution in [2.75, 3.05) is 18.0 Å². The van der Waals surface area contributed by atoms with Crippen LogP contribution >= 0.6 is 0 Å². The summed E-state index contributed by atoms with van der Waals surface area (Å²) in [7, 11) is 0. The van der Waals surface area contributed by atoms with Crippen molar-refractivity contribution in [3.63, 3.8) is 0 Å². The number of para-hydroxylation sites is 1. The molecule has 0 saturated carbocycles. The second-order valence-corrected chi connectivity index (χ2v) is 5.26. The second kappa shape index (κ2) is 6.16. The topological polar surface area (TPSA) is 52.2 Å². The van der Waals surface area contributed by atoms with Crippen LogP contribution in [0.4, 0.5) is 14.5 Å². The largest absolute Gasteiger partial charge is 0.449 e. The summed E-state index contributed by atoms with van der Waals surface area (Å²) in [6.07, 6.45) is 0.791. The molecule has 6 heteroatoms. The van der Waals surface area contributed by atoms with Gasteiger partial charge in [0.15, 0.2) is 0 Å². The first-order valence-corrected chi connectivity index (χ1v) is 7.08. The number of nitrogens with one attached hydrogen (secondary N) is 1. The number of halogens is 2. The molecule has 2 heterocycles. The second-order valence-electron chi connectivity index (χ2n) is 5.26. The molecule has 0 aliphatic carbocycles. The average molecular weight is 303 g/mol. The molecule has 3 rings (SSSR count). The number of hydrogen-bond donors (Lipinski definition) is 1. The van der Waals surface area contributed by atoms with Gasteiger partial charge in [-0.2, -0.15) is 5.26 Å². The Morgan fingerprint density at radius 1 is 1.27 bits per heavy atom. The van der Waals surface area contributed by atoms with Gasteiger partial charge in [-0.15, -0.1) is 0 Å². The molecule has 4 nitrogen and oxygen atoms in total. The maximum Gasteiger partial charge on any atom is 0.203 e. The van der Waals surface area contributed by atoms with E-state index in [4.69, 9.17) is 9.68 Å². The molecule has 1 aliphatic heterocycles. The van der Waals surface area contributed by atoms with Crippen LogP contribution in [0.25, 0.3) is 0 Å². The normalized spacial score (nSPS) is 17.7. The Kier molecular flexibility index (Phi) is 4.07. The molecule has 1 aromatic heterocycles. The number of anilines is 1. The van der Waals surface area contributed by atoms with Crippen LogP contribution in [0.15, 0.2) is 34.7 Å². The van der Waals surface area contributed by atoms with Crippen molar-refractivity contribution < 1.29 is 13.2 Å². The minimum Gasteiger partial charge on any atom is -0.449 e. The molecular formula is C16H15F2N3O. The summed E-state index contributed by atoms with van der Waals surface area (Å²) in [4.78, 5) is 1.71. The van der Waals surface area contributed by atoms with Gasteiger partial charge in [0.2, 0.25) is 5.76 Å². The molecule has 0 radical (unpaired) electrons. The van der Waals surface area contributed by atoms with Crippen molar-refractivity contribution in [2.24, 2.45) is 0 Å². The van der Waals surface area contributed by atoms with E-state index in [1.165, 1.54) is 18.2 Å². The molecular weight excluding hydrogens is 288 g/mol. The summed E-state index contributed by atoms with van der Waals surface area (Å²) in [5.41, 5.74) is 0.0385. The zero-order valence-electron chi connectivity index (χ0n) is 11.9. The third-order valence-electron chi connectivity index (χ3n) is 3.78. The summed E-state index contributed by atoms with van der Waals surface area (Å²) < 4.78 is 32.8. The highest BCUT2D eigenvalue weighted by atomic mass is 19.1. The SMILES string of the molecule is N#Cc1ccc(CN[C@@H]2CCN(c3c(F)cccc3F)C2)o1. The van der Waals surface area contributed by atoms with Gasteiger partial charge in [-0.05, 0) is 30.7 Å². The average Bonchev–Trinajstić information content (AvgIpc) is 3.14. The first-order valence-electron chi connectivity index (χ1n) is 7.08. The zero-order chi connectivity index (χ0) is 15.5. The van der Waals surface area contributed by atoms with Crippen LogP contribution in [0.2, 0.25) is 0 Å². The van der Waals surface area contributed by atoms with Crippen LogP contribution in [-0.2, 0) is 6.54 Å². The monoisotopic (exact) mass is 303 g/mol. The van der Waals surface area contributed by atoms with Gasteiger partial charge in [-0.3, -0.25) is 0 Å². The van der Waals surface area contributed by atoms with Gasteiger partial charge >= 0.3 is 0 Å². The fraction of sp³-hybridized carbons (Fsp3) is 0.312. The lowest BCUT2D eigenvalue weighted by molar-refractivity contribution is 0.449. The number of nitrogens with zero attached hydrogens (tertiary/aromatic N) is 2. The van der Waals surface area contributed by atoms with E-state index in [2.05, 4.69) is 5.32 Å². The Balaban J connectivity index is 1.59. The minimum absolute atomic E-state index is 0.0385. The fourth-order valence-corrected chi connectivity index (χ4v) is 2.70. The smallest absolute Gasteiger partial charge is 0.203 e. The lowest BCUT2D eigenvalue weighted by atomic mass is 10.2. The van der Waals surface area contributed by atoms with E-state index >= 15 is 0 Å². The van der Waals surface area contributed by atoms with E-state index < -0.39 is 11.6 Å². The lowest BCUT2D eigenvalue weighted by Crippen LogP contribution is -2.32. The summed E-state index contributed by atoms with van der Waals surface area (Å²) in [5.74, 6) is -0.124. The first-order chi connectivity index (χ1) is 10.7. The quantitative estimate of drug-likeness (QED) is 0.943. The first kappa shape index (κ1) is 14.5. The number of rotatable bonds is 4. The molecule has 114 valence electrons. The number of furan rings is 1. The van der Waals surface area contributed by atoms with Crippen LogP contribution in [0.5, 0.6) is 0 Å². The predicted octanol–water partition coefficient (Wildman–Crippen LogP) is 2.80. The molecule has 1 atom stereocenters. The highest BCUT2D eigenvalue weighted by Crippen LogP contribution is 2.26. The highest BCUT2D eigenvalue weighted by molar-refractivity contribution is 5.50. The Morgan fingerprint density at radius 3 is 2.73 bits per heavy atom. The van der Waals surface area contributed by atoms with E-state index in [-0.39, 0.29) is 17.5 Å². The Morgan fingerprint density at radius 2 is 2.05 bits per heavy atom. The molecule has 22 heavy (non-hydrogen) atoms. The molecule has 0 spiro atoms. The Hall–Kier alpha value is -2.39. The molecule has 0 unspecified atom stereocenters. The number of benzene rings is 1. The summed E-state index contributed by atoms with van der Waals surface area (Å²) in [6, 6.07) is 9.32. The van der Waals surface area contributed by atoms with E-state index in [9.17, 15) is 8.78 Å². The van der Waals surface area contributed by atoms with Crippen molar-refractivity contribution in [3.8, 4) is 6.07 Å². The van der Waals surface area contributed by atoms with Crippen LogP contribution in [-0.4, -0.2) is 19.1 Å². The Labute approximate surface area is 126 Å². The van der Waals surface area contributed by atoms with Crippen molar-refractivity contribution in [2.45, 2.75) is 19.0 Å². The predicted molar refractivity (Wildman–Crippen MR) is 77.2 cm³/mol. The molecule has 1 aromatic carbocycles. The lowest BCUT2D eigenvalue weighted by Gasteiger charge is -2.20. The zero-order valence-corrected chi connectivity index (χ0v) is 11.9. The van der Waals surface area contributed by atoms with Crippen molar-refractivity contribution >= 4 is 5.69 Å². The van der Waals surface area contributed by atoms with Gasteiger partial charge in [0.25, 0.3) is 0 Å². The van der Waals surface area contributed by atoms with Crippen LogP contribution in [0, 0.1) is 23.0 Å². The van der Waals surface area contributed by atoms with Crippen LogP contribution < -0.4 is 10.2 Å². The summed E-state index contributed by atoms with van der Waals surface area (Å²) >= 11 is 0. The molecule has 1 fully saturated rings. The van der Waals surface area contributed by atoms with E-state index in [0.29, 0.717) is 25.4 Å². The van der Waals surface area contributed by atoms with Gasteiger partial charge in [0.05, 0.1) is 6.54 Å². The van der Waals surface area contributed by atoms with E-state index in [1.54, 1.807) is 17.0 Å². The highest BCUT2D eigenvalue weighted by Gasteiger charge is 2.26. The van der Waals surface area contributed by atoms with Crippen LogP contribution in [0.1, 0.15) is 17.9 Å². The third-order valence-corrected chi connectivity index (χ3v) is 3.78. The number of hydrogen-bond acceptors (Lipinski definition) is 4.